The third kappa shape index (κ3) is 3.52. The summed E-state index contributed by atoms with van der Waals surface area (Å²) in [5.74, 6) is 0. The van der Waals surface area contributed by atoms with E-state index in [-0.39, 0.29) is 5.56 Å². The van der Waals surface area contributed by atoms with Crippen LogP contribution in [-0.4, -0.2) is 34.8 Å². The number of aryl methyl sites for hydroxylation is 1. The Morgan fingerprint density at radius 3 is 2.96 bits per heavy atom. The monoisotopic (exact) mass is 395 g/mol. The quantitative estimate of drug-likeness (QED) is 0.721. The highest BCUT2D eigenvalue weighted by Gasteiger charge is 2.26. The molecule has 0 radical (unpaired) electrons. The molecule has 3 aromatic rings. The zero-order valence-electron chi connectivity index (χ0n) is 15.9. The topological polar surface area (TPSA) is 56.2 Å². The van der Waals surface area contributed by atoms with Gasteiger partial charge in [-0.1, -0.05) is 30.3 Å². The Morgan fingerprint density at radius 1 is 1.25 bits per heavy atom. The molecule has 3 heterocycles. The maximum atomic E-state index is 13.1. The Labute approximate surface area is 168 Å². The fraction of sp³-hybridized carbons (Fsp3) is 0.455. The molecule has 1 N–H and O–H groups in total. The van der Waals surface area contributed by atoms with Gasteiger partial charge in [0.15, 0.2) is 0 Å². The lowest BCUT2D eigenvalue weighted by Crippen LogP contribution is -2.38. The maximum Gasteiger partial charge on any atom is 0.262 e. The summed E-state index contributed by atoms with van der Waals surface area (Å²) in [6.07, 6.45) is 7.42. The van der Waals surface area contributed by atoms with Gasteiger partial charge < -0.3 is 10.1 Å². The first-order valence-corrected chi connectivity index (χ1v) is 11.0. The van der Waals surface area contributed by atoms with Crippen LogP contribution in [0.2, 0.25) is 0 Å². The standard InChI is InChI=1S/C22H25N3O2S/c26-22-20-18-9-8-16(23-12-17-7-4-10-27-17)11-19(18)28-21(20)24-14-25(22)13-15-5-2-1-3-6-15/h1-3,5-6,14,16-17,23H,4,7-13H2. The van der Waals surface area contributed by atoms with Gasteiger partial charge in [0.05, 0.1) is 24.4 Å². The highest BCUT2D eigenvalue weighted by molar-refractivity contribution is 7.18. The van der Waals surface area contributed by atoms with E-state index >= 15 is 0 Å². The van der Waals surface area contributed by atoms with E-state index < -0.39 is 0 Å². The van der Waals surface area contributed by atoms with Crippen molar-refractivity contribution >= 4 is 21.6 Å². The average molecular weight is 396 g/mol. The van der Waals surface area contributed by atoms with Gasteiger partial charge in [0.25, 0.3) is 5.56 Å². The summed E-state index contributed by atoms with van der Waals surface area (Å²) >= 11 is 1.70. The lowest BCUT2D eigenvalue weighted by molar-refractivity contribution is 0.107. The number of aromatic nitrogens is 2. The van der Waals surface area contributed by atoms with E-state index in [4.69, 9.17) is 4.74 Å². The van der Waals surface area contributed by atoms with E-state index in [9.17, 15) is 4.79 Å². The molecule has 5 nitrogen and oxygen atoms in total. The molecule has 0 saturated carbocycles. The van der Waals surface area contributed by atoms with Crippen molar-refractivity contribution in [2.45, 2.75) is 50.8 Å². The van der Waals surface area contributed by atoms with Crippen LogP contribution in [0.3, 0.4) is 0 Å². The molecule has 0 bridgehead atoms. The number of hydrogen-bond donors (Lipinski definition) is 1. The molecule has 1 aliphatic heterocycles. The first-order valence-electron chi connectivity index (χ1n) is 10.2. The molecular weight excluding hydrogens is 370 g/mol. The number of thiophene rings is 1. The second kappa shape index (κ2) is 7.78. The third-order valence-electron chi connectivity index (χ3n) is 5.89. The number of benzene rings is 1. The number of ether oxygens (including phenoxy) is 1. The molecule has 28 heavy (non-hydrogen) atoms. The molecule has 146 valence electrons. The normalized spacial score (nSPS) is 21.9. The van der Waals surface area contributed by atoms with E-state index in [0.29, 0.717) is 18.7 Å². The van der Waals surface area contributed by atoms with Crippen molar-refractivity contribution < 1.29 is 4.74 Å². The Balaban J connectivity index is 1.37. The van der Waals surface area contributed by atoms with Gasteiger partial charge in [-0.3, -0.25) is 9.36 Å². The van der Waals surface area contributed by atoms with Crippen molar-refractivity contribution in [3.05, 3.63) is 63.0 Å². The summed E-state index contributed by atoms with van der Waals surface area (Å²) in [7, 11) is 0. The van der Waals surface area contributed by atoms with Crippen LogP contribution in [0.4, 0.5) is 0 Å². The van der Waals surface area contributed by atoms with Gasteiger partial charge in [-0.15, -0.1) is 11.3 Å². The summed E-state index contributed by atoms with van der Waals surface area (Å²) in [6, 6.07) is 10.6. The zero-order chi connectivity index (χ0) is 18.9. The SMILES string of the molecule is O=c1c2c3c(sc2ncn1Cc1ccccc1)CC(NCC1CCCO1)CC3. The molecule has 2 aromatic heterocycles. The summed E-state index contributed by atoms with van der Waals surface area (Å²) in [5.41, 5.74) is 2.44. The van der Waals surface area contributed by atoms with Gasteiger partial charge in [0.1, 0.15) is 4.83 Å². The second-order valence-electron chi connectivity index (χ2n) is 7.83. The predicted molar refractivity (Wildman–Crippen MR) is 112 cm³/mol. The number of nitrogens with zero attached hydrogens (tertiary/aromatic N) is 2. The van der Waals surface area contributed by atoms with E-state index in [1.54, 1.807) is 22.2 Å². The van der Waals surface area contributed by atoms with Crippen LogP contribution in [-0.2, 0) is 24.1 Å². The summed E-state index contributed by atoms with van der Waals surface area (Å²) in [4.78, 5) is 20.0. The lowest BCUT2D eigenvalue weighted by Gasteiger charge is -2.24. The molecule has 2 unspecified atom stereocenters. The molecule has 0 amide bonds. The molecule has 1 fully saturated rings. The molecule has 2 atom stereocenters. The highest BCUT2D eigenvalue weighted by atomic mass is 32.1. The minimum absolute atomic E-state index is 0.0946. The van der Waals surface area contributed by atoms with Gasteiger partial charge in [-0.05, 0) is 43.2 Å². The zero-order valence-corrected chi connectivity index (χ0v) is 16.7. The summed E-state index contributed by atoms with van der Waals surface area (Å²) in [5, 5.41) is 4.53. The number of nitrogens with one attached hydrogen (secondary N) is 1. The average Bonchev–Trinajstić information content (AvgIpc) is 3.36. The predicted octanol–water partition coefficient (Wildman–Crippen LogP) is 3.13. The molecule has 2 aliphatic rings. The van der Waals surface area contributed by atoms with Crippen LogP contribution in [0.25, 0.3) is 10.2 Å². The van der Waals surface area contributed by atoms with Crippen molar-refractivity contribution in [1.82, 2.24) is 14.9 Å². The van der Waals surface area contributed by atoms with Gasteiger partial charge >= 0.3 is 0 Å². The Kier molecular flexibility index (Phi) is 5.01. The first kappa shape index (κ1) is 18.0. The van der Waals surface area contributed by atoms with Crippen molar-refractivity contribution in [2.75, 3.05) is 13.2 Å². The maximum absolute atomic E-state index is 13.1. The van der Waals surface area contributed by atoms with Crippen molar-refractivity contribution in [3.63, 3.8) is 0 Å². The molecule has 1 aliphatic carbocycles. The van der Waals surface area contributed by atoms with Crippen LogP contribution >= 0.6 is 11.3 Å². The smallest absolute Gasteiger partial charge is 0.262 e. The summed E-state index contributed by atoms with van der Waals surface area (Å²) < 4.78 is 7.47. The summed E-state index contributed by atoms with van der Waals surface area (Å²) in [6.45, 7) is 2.41. The second-order valence-corrected chi connectivity index (χ2v) is 8.91. The molecule has 1 aromatic carbocycles. The highest BCUT2D eigenvalue weighted by Crippen LogP contribution is 2.33. The van der Waals surface area contributed by atoms with E-state index in [1.165, 1.54) is 23.3 Å². The van der Waals surface area contributed by atoms with E-state index in [1.807, 2.05) is 30.3 Å². The number of rotatable bonds is 5. The van der Waals surface area contributed by atoms with Gasteiger partial charge in [0, 0.05) is 24.1 Å². The molecular formula is C22H25N3O2S. The minimum Gasteiger partial charge on any atom is -0.377 e. The Hall–Kier alpha value is -2.02. The van der Waals surface area contributed by atoms with E-state index in [2.05, 4.69) is 10.3 Å². The van der Waals surface area contributed by atoms with Gasteiger partial charge in [-0.2, -0.15) is 0 Å². The van der Waals surface area contributed by atoms with Crippen molar-refractivity contribution in [1.29, 1.82) is 0 Å². The Bertz CT molecular complexity index is 1020. The Morgan fingerprint density at radius 2 is 2.14 bits per heavy atom. The molecule has 5 rings (SSSR count). The van der Waals surface area contributed by atoms with Crippen molar-refractivity contribution in [2.24, 2.45) is 0 Å². The van der Waals surface area contributed by atoms with Crippen LogP contribution in [0.15, 0.2) is 41.5 Å². The number of hydrogen-bond acceptors (Lipinski definition) is 5. The third-order valence-corrected chi connectivity index (χ3v) is 7.05. The molecule has 1 saturated heterocycles. The van der Waals surface area contributed by atoms with E-state index in [0.717, 1.165) is 48.2 Å². The van der Waals surface area contributed by atoms with Crippen molar-refractivity contribution in [3.8, 4) is 0 Å². The van der Waals surface area contributed by atoms with Crippen LogP contribution < -0.4 is 10.9 Å². The molecule has 6 heteroatoms. The fourth-order valence-electron chi connectivity index (χ4n) is 4.37. The first-order chi connectivity index (χ1) is 13.8. The van der Waals surface area contributed by atoms with Crippen LogP contribution in [0.5, 0.6) is 0 Å². The van der Waals surface area contributed by atoms with Gasteiger partial charge in [-0.25, -0.2) is 4.98 Å². The lowest BCUT2D eigenvalue weighted by atomic mass is 9.93. The van der Waals surface area contributed by atoms with Gasteiger partial charge in [0.2, 0.25) is 0 Å². The fourth-order valence-corrected chi connectivity index (χ4v) is 5.63. The number of fused-ring (bicyclic) bond motifs is 3. The van der Waals surface area contributed by atoms with Crippen LogP contribution in [0, 0.1) is 0 Å². The minimum atomic E-state index is 0.0946. The largest absolute Gasteiger partial charge is 0.377 e. The van der Waals surface area contributed by atoms with Crippen LogP contribution in [0.1, 0.15) is 35.3 Å². The molecule has 0 spiro atoms.